The number of benzene rings is 1. The molecule has 1 rings (SSSR count). The summed E-state index contributed by atoms with van der Waals surface area (Å²) in [5.74, 6) is 1.35. The second-order valence-electron chi connectivity index (χ2n) is 6.57. The molecular weight excluding hydrogens is 272 g/mol. The molecule has 0 aromatic heterocycles. The molecule has 0 aliphatic heterocycles. The van der Waals surface area contributed by atoms with Gasteiger partial charge in [0.25, 0.3) is 0 Å². The number of ether oxygens (including phenoxy) is 2. The fourth-order valence-corrected chi connectivity index (χ4v) is 2.07. The summed E-state index contributed by atoms with van der Waals surface area (Å²) in [6.07, 6.45) is 1.99. The number of allylic oxidation sites excluding steroid dienone is 4. The molecule has 1 unspecified atom stereocenters. The van der Waals surface area contributed by atoms with Crippen LogP contribution < -0.4 is 4.74 Å². The molecule has 1 aromatic rings. The van der Waals surface area contributed by atoms with Crippen LogP contribution in [0.1, 0.15) is 54.0 Å². The van der Waals surface area contributed by atoms with Crippen molar-refractivity contribution in [1.82, 2.24) is 0 Å². The lowest BCUT2D eigenvalue weighted by Gasteiger charge is -2.17. The zero-order valence-electron chi connectivity index (χ0n) is 15.1. The van der Waals surface area contributed by atoms with Gasteiger partial charge in [0.2, 0.25) is 0 Å². The van der Waals surface area contributed by atoms with Crippen LogP contribution in [0.25, 0.3) is 5.57 Å². The molecule has 0 heterocycles. The van der Waals surface area contributed by atoms with Crippen LogP contribution in [0, 0.1) is 5.92 Å². The second-order valence-corrected chi connectivity index (χ2v) is 6.57. The molecule has 0 aliphatic rings. The van der Waals surface area contributed by atoms with E-state index in [1.807, 2.05) is 19.1 Å². The molecule has 1 atom stereocenters. The van der Waals surface area contributed by atoms with Gasteiger partial charge >= 0.3 is 0 Å². The van der Waals surface area contributed by atoms with E-state index in [2.05, 4.69) is 59.8 Å². The molecule has 1 aromatic carbocycles. The third-order valence-corrected chi connectivity index (χ3v) is 3.10. The van der Waals surface area contributed by atoms with Crippen LogP contribution in [-0.4, -0.2) is 12.9 Å². The minimum Gasteiger partial charge on any atom is -0.465 e. The fraction of sp³-hybridized carbons (Fsp3) is 0.500. The van der Waals surface area contributed by atoms with E-state index >= 15 is 0 Å². The Kier molecular flexibility index (Phi) is 7.40. The average molecular weight is 302 g/mol. The van der Waals surface area contributed by atoms with E-state index in [-0.39, 0.29) is 6.29 Å². The van der Waals surface area contributed by atoms with Crippen LogP contribution in [0.3, 0.4) is 0 Å². The summed E-state index contributed by atoms with van der Waals surface area (Å²) < 4.78 is 11.4. The third-order valence-electron chi connectivity index (χ3n) is 3.10. The monoisotopic (exact) mass is 302 g/mol. The Balaban J connectivity index is 2.78. The highest BCUT2D eigenvalue weighted by atomic mass is 16.7. The predicted octanol–water partition coefficient (Wildman–Crippen LogP) is 5.84. The third kappa shape index (κ3) is 6.48. The van der Waals surface area contributed by atoms with Gasteiger partial charge in [0, 0.05) is 0 Å². The molecule has 0 radical (unpaired) electrons. The van der Waals surface area contributed by atoms with Gasteiger partial charge < -0.3 is 9.47 Å². The molecule has 0 aliphatic carbocycles. The Morgan fingerprint density at radius 1 is 1.00 bits per heavy atom. The van der Waals surface area contributed by atoms with Crippen molar-refractivity contribution in [1.29, 1.82) is 0 Å². The molecule has 2 nitrogen and oxygen atoms in total. The zero-order valence-corrected chi connectivity index (χ0v) is 15.1. The van der Waals surface area contributed by atoms with Crippen LogP contribution in [0.15, 0.2) is 41.5 Å². The normalized spacial score (nSPS) is 12.0. The van der Waals surface area contributed by atoms with Gasteiger partial charge in [0.1, 0.15) is 5.75 Å². The Hall–Kier alpha value is -1.54. The second kappa shape index (κ2) is 8.79. The summed E-state index contributed by atoms with van der Waals surface area (Å²) in [5, 5.41) is 0. The minimum absolute atomic E-state index is 0.228. The van der Waals surface area contributed by atoms with Crippen molar-refractivity contribution in [3.8, 4) is 5.75 Å². The first-order valence-electron chi connectivity index (χ1n) is 8.00. The van der Waals surface area contributed by atoms with Crippen molar-refractivity contribution in [3.63, 3.8) is 0 Å². The first-order valence-corrected chi connectivity index (χ1v) is 8.00. The Labute approximate surface area is 135 Å². The smallest absolute Gasteiger partial charge is 0.196 e. The van der Waals surface area contributed by atoms with Crippen LogP contribution in [0.2, 0.25) is 0 Å². The van der Waals surface area contributed by atoms with Gasteiger partial charge in [0.05, 0.1) is 6.61 Å². The van der Waals surface area contributed by atoms with Gasteiger partial charge in [-0.15, -0.1) is 0 Å². The zero-order chi connectivity index (χ0) is 16.7. The maximum atomic E-state index is 5.79. The molecular formula is C20H30O2. The first-order chi connectivity index (χ1) is 10.3. The van der Waals surface area contributed by atoms with Crippen molar-refractivity contribution in [2.24, 2.45) is 5.92 Å². The molecule has 22 heavy (non-hydrogen) atoms. The highest BCUT2D eigenvalue weighted by molar-refractivity contribution is 5.76. The first kappa shape index (κ1) is 18.5. The number of hydrogen-bond acceptors (Lipinski definition) is 2. The maximum absolute atomic E-state index is 5.79. The number of rotatable bonds is 7. The lowest BCUT2D eigenvalue weighted by atomic mass is 9.99. The standard InChI is InChI=1S/C20H30O2/c1-14(2)12-20(16(5)6)18-8-10-19(11-9-18)22-17(7)21-13-15(3)4/h8-12,15,17H,13H2,1-7H3. The molecule has 0 amide bonds. The van der Waals surface area contributed by atoms with Crippen molar-refractivity contribution in [2.45, 2.75) is 54.8 Å². The van der Waals surface area contributed by atoms with Gasteiger partial charge in [0.15, 0.2) is 6.29 Å². The fourth-order valence-electron chi connectivity index (χ4n) is 2.07. The van der Waals surface area contributed by atoms with Crippen molar-refractivity contribution in [2.75, 3.05) is 6.61 Å². The van der Waals surface area contributed by atoms with E-state index in [9.17, 15) is 0 Å². The van der Waals surface area contributed by atoms with Gasteiger partial charge in [-0.2, -0.15) is 0 Å². The average Bonchev–Trinajstić information content (AvgIpc) is 2.43. The molecule has 0 fully saturated rings. The summed E-state index contributed by atoms with van der Waals surface area (Å²) in [6.45, 7) is 15.4. The predicted molar refractivity (Wildman–Crippen MR) is 95.0 cm³/mol. The quantitative estimate of drug-likeness (QED) is 0.465. The lowest BCUT2D eigenvalue weighted by molar-refractivity contribution is -0.0755. The summed E-state index contributed by atoms with van der Waals surface area (Å²) in [5.41, 5.74) is 5.09. The lowest BCUT2D eigenvalue weighted by Crippen LogP contribution is -2.18. The Morgan fingerprint density at radius 3 is 2.05 bits per heavy atom. The molecule has 0 saturated heterocycles. The van der Waals surface area contributed by atoms with Crippen molar-refractivity contribution < 1.29 is 9.47 Å². The van der Waals surface area contributed by atoms with E-state index in [1.54, 1.807) is 0 Å². The highest BCUT2D eigenvalue weighted by Gasteiger charge is 2.06. The van der Waals surface area contributed by atoms with Gasteiger partial charge in [-0.1, -0.05) is 43.2 Å². The van der Waals surface area contributed by atoms with Crippen molar-refractivity contribution >= 4 is 5.57 Å². The highest BCUT2D eigenvalue weighted by Crippen LogP contribution is 2.24. The van der Waals surface area contributed by atoms with Crippen LogP contribution in [0.4, 0.5) is 0 Å². The summed E-state index contributed by atoms with van der Waals surface area (Å²) in [7, 11) is 0. The van der Waals surface area contributed by atoms with E-state index in [4.69, 9.17) is 9.47 Å². The van der Waals surface area contributed by atoms with E-state index in [1.165, 1.54) is 22.3 Å². The Bertz CT molecular complexity index is 513. The van der Waals surface area contributed by atoms with Gasteiger partial charge in [-0.05, 0) is 63.8 Å². The molecule has 122 valence electrons. The van der Waals surface area contributed by atoms with E-state index in [0.717, 1.165) is 5.75 Å². The minimum atomic E-state index is -0.228. The summed E-state index contributed by atoms with van der Waals surface area (Å²) in [4.78, 5) is 0. The molecule has 0 saturated carbocycles. The van der Waals surface area contributed by atoms with Gasteiger partial charge in [-0.25, -0.2) is 0 Å². The van der Waals surface area contributed by atoms with Crippen LogP contribution in [-0.2, 0) is 4.74 Å². The van der Waals surface area contributed by atoms with Crippen molar-refractivity contribution in [3.05, 3.63) is 47.1 Å². The van der Waals surface area contributed by atoms with Gasteiger partial charge in [-0.3, -0.25) is 0 Å². The Morgan fingerprint density at radius 2 is 1.59 bits per heavy atom. The van der Waals surface area contributed by atoms with Crippen LogP contribution in [0.5, 0.6) is 5.75 Å². The van der Waals surface area contributed by atoms with E-state index in [0.29, 0.717) is 12.5 Å². The van der Waals surface area contributed by atoms with Crippen LogP contribution >= 0.6 is 0 Å². The molecule has 2 heteroatoms. The molecule has 0 bridgehead atoms. The van der Waals surface area contributed by atoms with E-state index < -0.39 is 0 Å². The molecule has 0 spiro atoms. The topological polar surface area (TPSA) is 18.5 Å². The summed E-state index contributed by atoms with van der Waals surface area (Å²) in [6, 6.07) is 8.22. The SMILES string of the molecule is CC(C)=CC(=C(C)C)c1ccc(OC(C)OCC(C)C)cc1. The molecule has 0 N–H and O–H groups in total. The maximum Gasteiger partial charge on any atom is 0.196 e. The summed E-state index contributed by atoms with van der Waals surface area (Å²) >= 11 is 0. The number of hydrogen-bond donors (Lipinski definition) is 0. The largest absolute Gasteiger partial charge is 0.465 e.